The van der Waals surface area contributed by atoms with Gasteiger partial charge in [-0.15, -0.1) is 0 Å². The Balaban J connectivity index is 2.94. The molecule has 9 heavy (non-hydrogen) atoms. The highest BCUT2D eigenvalue weighted by molar-refractivity contribution is 7.23. The highest BCUT2D eigenvalue weighted by atomic mass is 31.0. The molecule has 0 spiro atoms. The van der Waals surface area contributed by atoms with Crippen LogP contribution in [0.1, 0.15) is 5.56 Å². The van der Waals surface area contributed by atoms with Crippen molar-refractivity contribution in [1.82, 2.24) is 0 Å². The summed E-state index contributed by atoms with van der Waals surface area (Å²) < 4.78 is 0. The number of hydrogen-bond acceptors (Lipinski definition) is 0. The van der Waals surface area contributed by atoms with Gasteiger partial charge in [0.15, 0.2) is 0 Å². The minimum atomic E-state index is 1.06. The molecule has 1 rings (SSSR count). The standard InChI is InChI=1S/C8H7P/c9-7-6-8-4-2-1-3-5-8/h1-5H,9H2. The molecule has 1 unspecified atom stereocenters. The number of rotatable bonds is 0. The smallest absolute Gasteiger partial charge is 0.0248 e. The lowest BCUT2D eigenvalue weighted by molar-refractivity contribution is 1.65. The van der Waals surface area contributed by atoms with Crippen LogP contribution in [-0.4, -0.2) is 0 Å². The van der Waals surface area contributed by atoms with Gasteiger partial charge in [0.1, 0.15) is 0 Å². The minimum Gasteiger partial charge on any atom is -0.0781 e. The van der Waals surface area contributed by atoms with Crippen LogP contribution in [0.3, 0.4) is 0 Å². The molecule has 44 valence electrons. The summed E-state index contributed by atoms with van der Waals surface area (Å²) in [6.45, 7) is 0. The summed E-state index contributed by atoms with van der Waals surface area (Å²) >= 11 is 0. The first-order valence-corrected chi connectivity index (χ1v) is 3.28. The Hall–Kier alpha value is -0.790. The van der Waals surface area contributed by atoms with E-state index in [9.17, 15) is 0 Å². The molecule has 0 aromatic heterocycles. The van der Waals surface area contributed by atoms with Gasteiger partial charge in [0.2, 0.25) is 0 Å². The number of benzene rings is 1. The predicted molar refractivity (Wildman–Crippen MR) is 43.0 cm³/mol. The van der Waals surface area contributed by atoms with E-state index in [-0.39, 0.29) is 0 Å². The van der Waals surface area contributed by atoms with Crippen LogP contribution in [0, 0.1) is 11.6 Å². The van der Waals surface area contributed by atoms with E-state index in [1.165, 1.54) is 0 Å². The van der Waals surface area contributed by atoms with E-state index in [0.717, 1.165) is 5.56 Å². The minimum absolute atomic E-state index is 1.06. The molecule has 0 saturated carbocycles. The largest absolute Gasteiger partial charge is 0.0781 e. The summed E-state index contributed by atoms with van der Waals surface area (Å²) in [4.78, 5) is 0. The molecule has 1 heteroatoms. The van der Waals surface area contributed by atoms with Gasteiger partial charge in [-0.2, -0.15) is 0 Å². The normalized spacial score (nSPS) is 7.67. The van der Waals surface area contributed by atoms with E-state index in [0.29, 0.717) is 0 Å². The fourth-order valence-corrected chi connectivity index (χ4v) is 0.771. The second-order valence-corrected chi connectivity index (χ2v) is 1.92. The maximum atomic E-state index is 2.92. The molecule has 0 aliphatic rings. The van der Waals surface area contributed by atoms with Crippen LogP contribution >= 0.6 is 9.24 Å². The first kappa shape index (κ1) is 6.33. The molecule has 0 radical (unpaired) electrons. The molecule has 0 heterocycles. The van der Waals surface area contributed by atoms with Gasteiger partial charge in [-0.3, -0.25) is 0 Å². The van der Waals surface area contributed by atoms with Crippen molar-refractivity contribution < 1.29 is 0 Å². The molecule has 0 N–H and O–H groups in total. The lowest BCUT2D eigenvalue weighted by atomic mass is 10.2. The van der Waals surface area contributed by atoms with Crippen molar-refractivity contribution in [2.45, 2.75) is 0 Å². The lowest BCUT2D eigenvalue weighted by Crippen LogP contribution is -1.67. The Bertz CT molecular complexity index is 228. The molecule has 0 amide bonds. The highest BCUT2D eigenvalue weighted by Gasteiger charge is 1.77. The molecule has 0 fully saturated rings. The van der Waals surface area contributed by atoms with E-state index >= 15 is 0 Å². The third-order valence-electron chi connectivity index (χ3n) is 0.990. The van der Waals surface area contributed by atoms with Crippen LogP contribution in [0.15, 0.2) is 30.3 Å². The van der Waals surface area contributed by atoms with Gasteiger partial charge in [-0.1, -0.05) is 39.0 Å². The van der Waals surface area contributed by atoms with Gasteiger partial charge in [0.05, 0.1) is 0 Å². The van der Waals surface area contributed by atoms with Gasteiger partial charge in [0.25, 0.3) is 0 Å². The van der Waals surface area contributed by atoms with Gasteiger partial charge < -0.3 is 0 Å². The average molecular weight is 134 g/mol. The van der Waals surface area contributed by atoms with Crippen molar-refractivity contribution in [3.63, 3.8) is 0 Å². The summed E-state index contributed by atoms with van der Waals surface area (Å²) in [6.07, 6.45) is 0. The van der Waals surface area contributed by atoms with E-state index in [4.69, 9.17) is 0 Å². The second-order valence-electron chi connectivity index (χ2n) is 1.64. The summed E-state index contributed by atoms with van der Waals surface area (Å²) in [5.74, 6) is 2.92. The summed E-state index contributed by atoms with van der Waals surface area (Å²) in [7, 11) is 2.37. The Labute approximate surface area is 57.5 Å². The Morgan fingerprint density at radius 1 is 1.11 bits per heavy atom. The topological polar surface area (TPSA) is 0 Å². The summed E-state index contributed by atoms with van der Waals surface area (Å²) in [6, 6.07) is 9.90. The van der Waals surface area contributed by atoms with Crippen molar-refractivity contribution in [3.8, 4) is 11.6 Å². The van der Waals surface area contributed by atoms with E-state index < -0.39 is 0 Å². The van der Waals surface area contributed by atoms with Crippen molar-refractivity contribution in [1.29, 1.82) is 0 Å². The van der Waals surface area contributed by atoms with Crippen LogP contribution in [0.5, 0.6) is 0 Å². The molecule has 1 atom stereocenters. The fourth-order valence-electron chi connectivity index (χ4n) is 0.605. The Morgan fingerprint density at radius 3 is 2.33 bits per heavy atom. The van der Waals surface area contributed by atoms with Crippen LogP contribution in [0.25, 0.3) is 0 Å². The molecule has 1 aromatic rings. The average Bonchev–Trinajstić information content (AvgIpc) is 1.91. The summed E-state index contributed by atoms with van der Waals surface area (Å²) in [5.41, 5.74) is 3.81. The van der Waals surface area contributed by atoms with Crippen LogP contribution in [0.2, 0.25) is 0 Å². The monoisotopic (exact) mass is 134 g/mol. The van der Waals surface area contributed by atoms with Gasteiger partial charge in [0, 0.05) is 5.56 Å². The van der Waals surface area contributed by atoms with E-state index in [2.05, 4.69) is 20.8 Å². The van der Waals surface area contributed by atoms with Crippen LogP contribution < -0.4 is 0 Å². The van der Waals surface area contributed by atoms with Crippen LogP contribution in [-0.2, 0) is 0 Å². The molecule has 0 nitrogen and oxygen atoms in total. The van der Waals surface area contributed by atoms with Gasteiger partial charge in [-0.05, 0) is 12.1 Å². The maximum absolute atomic E-state index is 2.92. The summed E-state index contributed by atoms with van der Waals surface area (Å²) in [5, 5.41) is 0. The fraction of sp³-hybridized carbons (Fsp3) is 0. The predicted octanol–water partition coefficient (Wildman–Crippen LogP) is 1.87. The first-order chi connectivity index (χ1) is 4.43. The van der Waals surface area contributed by atoms with Crippen molar-refractivity contribution >= 4 is 9.24 Å². The Morgan fingerprint density at radius 2 is 1.78 bits per heavy atom. The van der Waals surface area contributed by atoms with E-state index in [1.54, 1.807) is 0 Å². The SMILES string of the molecule is PC#Cc1ccccc1. The third-order valence-corrected chi connectivity index (χ3v) is 1.13. The zero-order valence-corrected chi connectivity index (χ0v) is 6.12. The second kappa shape index (κ2) is 3.28. The molecule has 0 aliphatic carbocycles. The van der Waals surface area contributed by atoms with E-state index in [1.807, 2.05) is 30.3 Å². The molecular formula is C8H7P. The highest BCUT2D eigenvalue weighted by Crippen LogP contribution is 1.94. The van der Waals surface area contributed by atoms with Crippen LogP contribution in [0.4, 0.5) is 0 Å². The van der Waals surface area contributed by atoms with Crippen molar-refractivity contribution in [3.05, 3.63) is 35.9 Å². The van der Waals surface area contributed by atoms with Gasteiger partial charge in [-0.25, -0.2) is 0 Å². The molecule has 0 saturated heterocycles. The zero-order chi connectivity index (χ0) is 6.53. The molecule has 0 bridgehead atoms. The maximum Gasteiger partial charge on any atom is 0.0248 e. The van der Waals surface area contributed by atoms with Gasteiger partial charge >= 0.3 is 0 Å². The van der Waals surface area contributed by atoms with Crippen molar-refractivity contribution in [2.24, 2.45) is 0 Å². The molecule has 1 aromatic carbocycles. The number of hydrogen-bond donors (Lipinski definition) is 0. The Kier molecular flexibility index (Phi) is 2.31. The quantitative estimate of drug-likeness (QED) is 0.375. The zero-order valence-electron chi connectivity index (χ0n) is 4.96. The molecular weight excluding hydrogens is 127 g/mol. The lowest BCUT2D eigenvalue weighted by Gasteiger charge is -1.83. The van der Waals surface area contributed by atoms with Crippen molar-refractivity contribution in [2.75, 3.05) is 0 Å². The molecule has 0 aliphatic heterocycles. The third kappa shape index (κ3) is 1.88. The first-order valence-electron chi connectivity index (χ1n) is 2.70.